The van der Waals surface area contributed by atoms with Gasteiger partial charge in [-0.2, -0.15) is 0 Å². The minimum atomic E-state index is -0.729. The van der Waals surface area contributed by atoms with E-state index in [2.05, 4.69) is 16.2 Å². The molecule has 2 rings (SSSR count). The molecule has 29 heavy (non-hydrogen) atoms. The molecule has 2 aromatic carbocycles. The highest BCUT2D eigenvalue weighted by Gasteiger charge is 2.20. The first kappa shape index (κ1) is 21.9. The summed E-state index contributed by atoms with van der Waals surface area (Å²) in [6.45, 7) is 5.66. The van der Waals surface area contributed by atoms with Gasteiger partial charge in [0.1, 0.15) is 5.75 Å². The van der Waals surface area contributed by atoms with Crippen molar-refractivity contribution in [1.82, 2.24) is 10.9 Å². The number of aryl methyl sites for hydroxylation is 1. The van der Waals surface area contributed by atoms with Gasteiger partial charge in [0.15, 0.2) is 6.10 Å². The second-order valence-electron chi connectivity index (χ2n) is 6.60. The zero-order valence-corrected chi connectivity index (χ0v) is 17.0. The van der Waals surface area contributed by atoms with E-state index >= 15 is 0 Å². The van der Waals surface area contributed by atoms with E-state index < -0.39 is 17.9 Å². The predicted octanol–water partition coefficient (Wildman–Crippen LogP) is 3.35. The molecule has 0 aliphatic rings. The van der Waals surface area contributed by atoms with Gasteiger partial charge in [-0.15, -0.1) is 0 Å². The highest BCUT2D eigenvalue weighted by molar-refractivity contribution is 5.97. The number of hydrogen-bond donors (Lipinski definition) is 3. The van der Waals surface area contributed by atoms with Crippen LogP contribution in [0.4, 0.5) is 5.69 Å². The summed E-state index contributed by atoms with van der Waals surface area (Å²) in [7, 11) is 0. The van der Waals surface area contributed by atoms with Crippen LogP contribution in [-0.4, -0.2) is 23.8 Å². The van der Waals surface area contributed by atoms with E-state index in [-0.39, 0.29) is 5.91 Å². The molecule has 1 unspecified atom stereocenters. The smallest absolute Gasteiger partial charge is 0.279 e. The topological polar surface area (TPSA) is 96.5 Å². The Morgan fingerprint density at radius 1 is 0.966 bits per heavy atom. The van der Waals surface area contributed by atoms with Crippen LogP contribution in [0.5, 0.6) is 5.75 Å². The molecule has 7 heteroatoms. The van der Waals surface area contributed by atoms with Gasteiger partial charge < -0.3 is 10.1 Å². The molecule has 3 N–H and O–H groups in total. The third-order valence-corrected chi connectivity index (χ3v) is 4.23. The summed E-state index contributed by atoms with van der Waals surface area (Å²) < 4.78 is 5.76. The lowest BCUT2D eigenvalue weighted by molar-refractivity contribution is -0.128. The number of amides is 3. The van der Waals surface area contributed by atoms with Crippen LogP contribution in [0, 0.1) is 6.92 Å². The lowest BCUT2D eigenvalue weighted by Crippen LogP contribution is -2.48. The molecule has 0 aliphatic carbocycles. The van der Waals surface area contributed by atoms with Gasteiger partial charge in [0.2, 0.25) is 5.91 Å². The molecule has 0 bridgehead atoms. The monoisotopic (exact) mass is 397 g/mol. The molecule has 0 radical (unpaired) electrons. The van der Waals surface area contributed by atoms with Crippen LogP contribution in [0.3, 0.4) is 0 Å². The second-order valence-corrected chi connectivity index (χ2v) is 6.60. The zero-order valence-electron chi connectivity index (χ0n) is 17.0. The van der Waals surface area contributed by atoms with E-state index in [1.165, 1.54) is 0 Å². The molecule has 2 aromatic rings. The average molecular weight is 397 g/mol. The van der Waals surface area contributed by atoms with Crippen molar-refractivity contribution in [2.24, 2.45) is 0 Å². The van der Waals surface area contributed by atoms with E-state index in [4.69, 9.17) is 4.74 Å². The summed E-state index contributed by atoms with van der Waals surface area (Å²) in [5.41, 5.74) is 6.68. The molecular formula is C22H27N3O4. The lowest BCUT2D eigenvalue weighted by Gasteiger charge is -2.18. The molecule has 0 aliphatic heterocycles. The molecule has 0 fully saturated rings. The standard InChI is InChI=1S/C22H27N3O4/c1-4-8-20(26)23-17-13-11-16(12-14-17)21(27)24-25-22(28)18(5-2)29-19-10-7-6-9-15(19)3/h6-7,9-14,18H,4-5,8H2,1-3H3,(H,23,26)(H,24,27)(H,25,28). The minimum absolute atomic E-state index is 0.0729. The lowest BCUT2D eigenvalue weighted by atomic mass is 10.2. The Morgan fingerprint density at radius 3 is 2.28 bits per heavy atom. The van der Waals surface area contributed by atoms with Crippen molar-refractivity contribution < 1.29 is 19.1 Å². The van der Waals surface area contributed by atoms with Gasteiger partial charge in [0.05, 0.1) is 0 Å². The molecule has 0 saturated heterocycles. The van der Waals surface area contributed by atoms with Gasteiger partial charge in [0, 0.05) is 17.7 Å². The highest BCUT2D eigenvalue weighted by atomic mass is 16.5. The number of hydrogen-bond acceptors (Lipinski definition) is 4. The van der Waals surface area contributed by atoms with E-state index in [0.717, 1.165) is 12.0 Å². The van der Waals surface area contributed by atoms with E-state index in [1.54, 1.807) is 30.3 Å². The van der Waals surface area contributed by atoms with Crippen molar-refractivity contribution in [2.75, 3.05) is 5.32 Å². The molecular weight excluding hydrogens is 370 g/mol. The summed E-state index contributed by atoms with van der Waals surface area (Å²) in [6.07, 6.45) is 0.922. The first-order valence-electron chi connectivity index (χ1n) is 9.67. The minimum Gasteiger partial charge on any atom is -0.480 e. The fraction of sp³-hybridized carbons (Fsp3) is 0.318. The molecule has 7 nitrogen and oxygen atoms in total. The first-order chi connectivity index (χ1) is 13.9. The number of anilines is 1. The fourth-order valence-electron chi connectivity index (χ4n) is 2.59. The van der Waals surface area contributed by atoms with Gasteiger partial charge in [-0.1, -0.05) is 32.0 Å². The maximum absolute atomic E-state index is 12.4. The first-order valence-corrected chi connectivity index (χ1v) is 9.67. The second kappa shape index (κ2) is 10.8. The van der Waals surface area contributed by atoms with Crippen LogP contribution in [0.15, 0.2) is 48.5 Å². The third-order valence-electron chi connectivity index (χ3n) is 4.23. The summed E-state index contributed by atoms with van der Waals surface area (Å²) in [6, 6.07) is 13.9. The van der Waals surface area contributed by atoms with Crippen LogP contribution in [0.2, 0.25) is 0 Å². The normalized spacial score (nSPS) is 11.3. The Hall–Kier alpha value is -3.35. The van der Waals surface area contributed by atoms with Crippen LogP contribution < -0.4 is 20.9 Å². The Balaban J connectivity index is 1.89. The summed E-state index contributed by atoms with van der Waals surface area (Å²) in [5.74, 6) is -0.346. The number of para-hydroxylation sites is 1. The molecule has 3 amide bonds. The molecule has 0 heterocycles. The Morgan fingerprint density at radius 2 is 1.66 bits per heavy atom. The van der Waals surface area contributed by atoms with Crippen molar-refractivity contribution in [3.63, 3.8) is 0 Å². The summed E-state index contributed by atoms with van der Waals surface area (Å²) in [5, 5.41) is 2.75. The molecule has 0 saturated carbocycles. The number of benzene rings is 2. The van der Waals surface area contributed by atoms with Crippen LogP contribution in [0.1, 0.15) is 49.0 Å². The molecule has 1 atom stereocenters. The van der Waals surface area contributed by atoms with E-state index in [9.17, 15) is 14.4 Å². The predicted molar refractivity (Wildman–Crippen MR) is 111 cm³/mol. The van der Waals surface area contributed by atoms with Gasteiger partial charge in [-0.05, 0) is 55.7 Å². The number of ether oxygens (including phenoxy) is 1. The van der Waals surface area contributed by atoms with Gasteiger partial charge in [-0.25, -0.2) is 0 Å². The molecule has 0 aromatic heterocycles. The Kier molecular flexibility index (Phi) is 8.21. The highest BCUT2D eigenvalue weighted by Crippen LogP contribution is 2.18. The number of nitrogens with one attached hydrogen (secondary N) is 3. The SMILES string of the molecule is CCCC(=O)Nc1ccc(C(=O)NNC(=O)C(CC)Oc2ccccc2C)cc1. The number of hydrazine groups is 1. The molecule has 0 spiro atoms. The largest absolute Gasteiger partial charge is 0.480 e. The van der Waals surface area contributed by atoms with Crippen molar-refractivity contribution in [3.05, 3.63) is 59.7 Å². The Labute approximate surface area is 170 Å². The maximum Gasteiger partial charge on any atom is 0.279 e. The van der Waals surface area contributed by atoms with Crippen LogP contribution in [0.25, 0.3) is 0 Å². The number of carbonyl (C=O) groups excluding carboxylic acids is 3. The van der Waals surface area contributed by atoms with Gasteiger partial charge in [-0.3, -0.25) is 25.2 Å². The Bertz CT molecular complexity index is 849. The van der Waals surface area contributed by atoms with E-state index in [0.29, 0.717) is 29.8 Å². The van der Waals surface area contributed by atoms with Gasteiger partial charge >= 0.3 is 0 Å². The van der Waals surface area contributed by atoms with Crippen molar-refractivity contribution in [3.8, 4) is 5.75 Å². The van der Waals surface area contributed by atoms with Crippen molar-refractivity contribution in [1.29, 1.82) is 0 Å². The third kappa shape index (κ3) is 6.64. The molecule has 154 valence electrons. The van der Waals surface area contributed by atoms with Crippen LogP contribution >= 0.6 is 0 Å². The van der Waals surface area contributed by atoms with E-state index in [1.807, 2.05) is 39.0 Å². The fourth-order valence-corrected chi connectivity index (χ4v) is 2.59. The summed E-state index contributed by atoms with van der Waals surface area (Å²) in [4.78, 5) is 36.2. The van der Waals surface area contributed by atoms with Crippen LogP contribution in [-0.2, 0) is 9.59 Å². The van der Waals surface area contributed by atoms with Crippen molar-refractivity contribution in [2.45, 2.75) is 46.1 Å². The van der Waals surface area contributed by atoms with Crippen molar-refractivity contribution >= 4 is 23.4 Å². The summed E-state index contributed by atoms with van der Waals surface area (Å²) >= 11 is 0. The number of rotatable bonds is 8. The quantitative estimate of drug-likeness (QED) is 0.595. The zero-order chi connectivity index (χ0) is 21.2. The average Bonchev–Trinajstić information content (AvgIpc) is 2.72. The maximum atomic E-state index is 12.4. The number of carbonyl (C=O) groups is 3. The van der Waals surface area contributed by atoms with Gasteiger partial charge in [0.25, 0.3) is 11.8 Å².